The van der Waals surface area contributed by atoms with Gasteiger partial charge in [-0.25, -0.2) is 15.0 Å². The topological polar surface area (TPSA) is 43.6 Å². The molecule has 86 valence electrons. The fourth-order valence-electron chi connectivity index (χ4n) is 1.60. The van der Waals surface area contributed by atoms with E-state index in [1.165, 1.54) is 6.33 Å². The highest BCUT2D eigenvalue weighted by atomic mass is 35.5. The van der Waals surface area contributed by atoms with Gasteiger partial charge in [0.15, 0.2) is 10.8 Å². The highest BCUT2D eigenvalue weighted by Gasteiger charge is 2.10. The second kappa shape index (κ2) is 4.97. The Morgan fingerprint density at radius 2 is 2.19 bits per heavy atom. The molecule has 0 spiro atoms. The Morgan fingerprint density at radius 3 is 2.94 bits per heavy atom. The van der Waals surface area contributed by atoms with Crippen LogP contribution in [-0.2, 0) is 6.54 Å². The molecule has 1 unspecified atom stereocenters. The number of hydrogen-bond acceptors (Lipinski definition) is 3. The summed E-state index contributed by atoms with van der Waals surface area (Å²) in [5.41, 5.74) is 1.43. The molecular formula is C10H12Cl2N4. The SMILES string of the molecule is CC(CCCl)Cn1cnc2c(Cl)ncnc21. The van der Waals surface area contributed by atoms with Gasteiger partial charge in [-0.2, -0.15) is 0 Å². The Hall–Kier alpha value is -0.870. The first-order valence-electron chi connectivity index (χ1n) is 5.09. The van der Waals surface area contributed by atoms with E-state index in [1.54, 1.807) is 6.33 Å². The maximum atomic E-state index is 5.92. The maximum absolute atomic E-state index is 5.92. The van der Waals surface area contributed by atoms with Crippen molar-refractivity contribution in [2.75, 3.05) is 5.88 Å². The molecule has 0 aromatic carbocycles. The van der Waals surface area contributed by atoms with Gasteiger partial charge in [-0.3, -0.25) is 0 Å². The van der Waals surface area contributed by atoms with Crippen LogP contribution >= 0.6 is 23.2 Å². The van der Waals surface area contributed by atoms with E-state index in [1.807, 2.05) is 4.57 Å². The molecule has 0 aliphatic heterocycles. The summed E-state index contributed by atoms with van der Waals surface area (Å²) in [6, 6.07) is 0. The highest BCUT2D eigenvalue weighted by Crippen LogP contribution is 2.18. The lowest BCUT2D eigenvalue weighted by Gasteiger charge is -2.10. The number of rotatable bonds is 4. The largest absolute Gasteiger partial charge is 0.315 e. The van der Waals surface area contributed by atoms with Gasteiger partial charge in [0.05, 0.1) is 6.33 Å². The summed E-state index contributed by atoms with van der Waals surface area (Å²) in [4.78, 5) is 12.3. The Balaban J connectivity index is 2.28. The fraction of sp³-hybridized carbons (Fsp3) is 0.500. The van der Waals surface area contributed by atoms with Crippen molar-refractivity contribution in [2.45, 2.75) is 19.9 Å². The smallest absolute Gasteiger partial charge is 0.164 e. The van der Waals surface area contributed by atoms with Crippen LogP contribution in [0.3, 0.4) is 0 Å². The highest BCUT2D eigenvalue weighted by molar-refractivity contribution is 6.33. The molecule has 2 rings (SSSR count). The van der Waals surface area contributed by atoms with E-state index >= 15 is 0 Å². The van der Waals surface area contributed by atoms with Crippen LogP contribution in [0.5, 0.6) is 0 Å². The first-order valence-corrected chi connectivity index (χ1v) is 6.01. The lowest BCUT2D eigenvalue weighted by atomic mass is 10.1. The second-order valence-electron chi connectivity index (χ2n) is 3.82. The third kappa shape index (κ3) is 2.28. The molecular weight excluding hydrogens is 247 g/mol. The van der Waals surface area contributed by atoms with E-state index in [4.69, 9.17) is 23.2 Å². The van der Waals surface area contributed by atoms with Gasteiger partial charge < -0.3 is 4.57 Å². The van der Waals surface area contributed by atoms with Gasteiger partial charge in [0.1, 0.15) is 11.8 Å². The molecule has 0 saturated heterocycles. The summed E-state index contributed by atoms with van der Waals surface area (Å²) in [5.74, 6) is 1.16. The van der Waals surface area contributed by atoms with Crippen LogP contribution in [0.4, 0.5) is 0 Å². The van der Waals surface area contributed by atoms with Crippen LogP contribution in [0.15, 0.2) is 12.7 Å². The number of fused-ring (bicyclic) bond motifs is 1. The molecule has 0 N–H and O–H groups in total. The van der Waals surface area contributed by atoms with Gasteiger partial charge in [0.2, 0.25) is 0 Å². The van der Waals surface area contributed by atoms with Crippen molar-refractivity contribution in [1.29, 1.82) is 0 Å². The molecule has 0 amide bonds. The molecule has 0 aliphatic rings. The molecule has 1 atom stereocenters. The first-order chi connectivity index (χ1) is 7.72. The lowest BCUT2D eigenvalue weighted by molar-refractivity contribution is 0.476. The molecule has 0 saturated carbocycles. The molecule has 2 aromatic rings. The monoisotopic (exact) mass is 258 g/mol. The fourth-order valence-corrected chi connectivity index (χ4v) is 2.15. The van der Waals surface area contributed by atoms with Crippen LogP contribution in [-0.4, -0.2) is 25.4 Å². The zero-order valence-electron chi connectivity index (χ0n) is 8.90. The normalized spacial score (nSPS) is 13.2. The predicted octanol–water partition coefficient (Wildman–Crippen LogP) is 2.74. The molecule has 0 fully saturated rings. The Bertz CT molecular complexity index is 483. The molecule has 16 heavy (non-hydrogen) atoms. The minimum absolute atomic E-state index is 0.397. The number of alkyl halides is 1. The van der Waals surface area contributed by atoms with Crippen molar-refractivity contribution in [1.82, 2.24) is 19.5 Å². The molecule has 6 heteroatoms. The summed E-state index contributed by atoms with van der Waals surface area (Å²) in [5, 5.41) is 0.397. The third-order valence-corrected chi connectivity index (χ3v) is 2.96. The second-order valence-corrected chi connectivity index (χ2v) is 4.55. The summed E-state index contributed by atoms with van der Waals surface area (Å²) in [6.45, 7) is 2.99. The van der Waals surface area contributed by atoms with Gasteiger partial charge in [0.25, 0.3) is 0 Å². The van der Waals surface area contributed by atoms with Crippen molar-refractivity contribution >= 4 is 34.4 Å². The van der Waals surface area contributed by atoms with Crippen LogP contribution in [0, 0.1) is 5.92 Å². The zero-order valence-corrected chi connectivity index (χ0v) is 10.4. The summed E-state index contributed by atoms with van der Waals surface area (Å²) in [7, 11) is 0. The Morgan fingerprint density at radius 1 is 1.38 bits per heavy atom. The van der Waals surface area contributed by atoms with E-state index in [9.17, 15) is 0 Å². The van der Waals surface area contributed by atoms with Gasteiger partial charge in [-0.15, -0.1) is 11.6 Å². The van der Waals surface area contributed by atoms with Gasteiger partial charge in [-0.05, 0) is 12.3 Å². The standard InChI is InChI=1S/C10H12Cl2N4/c1-7(2-3-11)4-16-6-15-8-9(12)13-5-14-10(8)16/h5-7H,2-4H2,1H3. The maximum Gasteiger partial charge on any atom is 0.164 e. The molecule has 0 bridgehead atoms. The van der Waals surface area contributed by atoms with Crippen molar-refractivity contribution in [2.24, 2.45) is 5.92 Å². The Labute approximate surface area is 104 Å². The molecule has 2 heterocycles. The number of nitrogens with zero attached hydrogens (tertiary/aromatic N) is 4. The third-order valence-electron chi connectivity index (χ3n) is 2.47. The molecule has 2 aromatic heterocycles. The number of hydrogen-bond donors (Lipinski definition) is 0. The van der Waals surface area contributed by atoms with E-state index < -0.39 is 0 Å². The van der Waals surface area contributed by atoms with Gasteiger partial charge in [0, 0.05) is 12.4 Å². The lowest BCUT2D eigenvalue weighted by Crippen LogP contribution is -2.07. The molecule has 0 radical (unpaired) electrons. The zero-order chi connectivity index (χ0) is 11.5. The predicted molar refractivity (Wildman–Crippen MR) is 64.8 cm³/mol. The van der Waals surface area contributed by atoms with Crippen LogP contribution < -0.4 is 0 Å². The average Bonchev–Trinajstić information content (AvgIpc) is 2.64. The van der Waals surface area contributed by atoms with E-state index in [0.29, 0.717) is 22.5 Å². The molecule has 0 aliphatic carbocycles. The number of imidazole rings is 1. The quantitative estimate of drug-likeness (QED) is 0.626. The van der Waals surface area contributed by atoms with E-state index in [0.717, 1.165) is 18.6 Å². The molecule has 4 nitrogen and oxygen atoms in total. The van der Waals surface area contributed by atoms with Crippen LogP contribution in [0.2, 0.25) is 5.15 Å². The summed E-state index contributed by atoms with van der Waals surface area (Å²) >= 11 is 11.6. The number of aromatic nitrogens is 4. The average molecular weight is 259 g/mol. The summed E-state index contributed by atoms with van der Waals surface area (Å²) in [6.07, 6.45) is 4.17. The van der Waals surface area contributed by atoms with Crippen molar-refractivity contribution in [3.63, 3.8) is 0 Å². The van der Waals surface area contributed by atoms with Crippen LogP contribution in [0.25, 0.3) is 11.2 Å². The van der Waals surface area contributed by atoms with Gasteiger partial charge in [-0.1, -0.05) is 18.5 Å². The van der Waals surface area contributed by atoms with E-state index in [2.05, 4.69) is 21.9 Å². The van der Waals surface area contributed by atoms with Crippen molar-refractivity contribution in [3.8, 4) is 0 Å². The minimum atomic E-state index is 0.397. The minimum Gasteiger partial charge on any atom is -0.315 e. The van der Waals surface area contributed by atoms with Crippen LogP contribution in [0.1, 0.15) is 13.3 Å². The Kier molecular flexibility index (Phi) is 3.61. The van der Waals surface area contributed by atoms with Gasteiger partial charge >= 0.3 is 0 Å². The number of halogens is 2. The first kappa shape index (κ1) is 11.6. The summed E-state index contributed by atoms with van der Waals surface area (Å²) < 4.78 is 1.99. The van der Waals surface area contributed by atoms with Crippen molar-refractivity contribution < 1.29 is 0 Å². The van der Waals surface area contributed by atoms with E-state index in [-0.39, 0.29) is 0 Å². The van der Waals surface area contributed by atoms with Crippen molar-refractivity contribution in [3.05, 3.63) is 17.8 Å².